The van der Waals surface area contributed by atoms with Crippen molar-refractivity contribution in [2.45, 2.75) is 0 Å². The summed E-state index contributed by atoms with van der Waals surface area (Å²) in [6, 6.07) is 6.63. The Kier molecular flexibility index (Phi) is 3.94. The summed E-state index contributed by atoms with van der Waals surface area (Å²) in [5.74, 6) is -0.271. The van der Waals surface area contributed by atoms with Crippen LogP contribution in [0.5, 0.6) is 0 Å². The molecule has 0 aliphatic rings. The summed E-state index contributed by atoms with van der Waals surface area (Å²) in [6.07, 6.45) is 5.82. The molecule has 1 amide bonds. The van der Waals surface area contributed by atoms with Crippen LogP contribution < -0.4 is 5.73 Å². The largest absolute Gasteiger partial charge is 0.366 e. The van der Waals surface area contributed by atoms with Gasteiger partial charge >= 0.3 is 5.82 Å². The van der Waals surface area contributed by atoms with Crippen LogP contribution in [0.15, 0.2) is 37.0 Å². The Morgan fingerprint density at radius 1 is 1.33 bits per heavy atom. The summed E-state index contributed by atoms with van der Waals surface area (Å²) < 4.78 is 1.27. The fraction of sp³-hybridized carbons (Fsp3) is 0. The van der Waals surface area contributed by atoms with Gasteiger partial charge in [-0.05, 0) is 28.7 Å². The number of carbonyl (C=O) groups is 1. The summed E-state index contributed by atoms with van der Waals surface area (Å²) in [6.45, 7) is 3.53. The van der Waals surface area contributed by atoms with Gasteiger partial charge in [0.15, 0.2) is 0 Å². The highest BCUT2D eigenvalue weighted by molar-refractivity contribution is 5.93. The van der Waals surface area contributed by atoms with Crippen LogP contribution in [0.2, 0.25) is 0 Å². The van der Waals surface area contributed by atoms with E-state index in [-0.39, 0.29) is 5.82 Å². The van der Waals surface area contributed by atoms with Crippen LogP contribution in [0.3, 0.4) is 0 Å². The Bertz CT molecular complexity index is 729. The maximum absolute atomic E-state index is 11.0. The first-order chi connectivity index (χ1) is 10.0. The number of hydrogen-bond acceptors (Lipinski definition) is 4. The standard InChI is InChI=1S/C14H12N4O3/c1-2-17-12(16-9-13(17)18(20)21)8-5-10-3-6-11(7-4-10)14(15)19/h2-9H,1H2,(H2,15,19). The third-order valence-electron chi connectivity index (χ3n) is 2.80. The lowest BCUT2D eigenvalue weighted by Crippen LogP contribution is -2.10. The molecule has 7 nitrogen and oxygen atoms in total. The molecule has 2 N–H and O–H groups in total. The molecule has 0 saturated carbocycles. The molecule has 0 atom stereocenters. The van der Waals surface area contributed by atoms with Gasteiger partial charge in [-0.2, -0.15) is 4.57 Å². The maximum atomic E-state index is 11.0. The zero-order valence-electron chi connectivity index (χ0n) is 11.0. The van der Waals surface area contributed by atoms with E-state index in [0.29, 0.717) is 11.4 Å². The minimum absolute atomic E-state index is 0.159. The first kappa shape index (κ1) is 14.2. The normalized spacial score (nSPS) is 10.7. The number of carbonyl (C=O) groups excluding carboxylic acids is 1. The van der Waals surface area contributed by atoms with Crippen LogP contribution in [-0.4, -0.2) is 20.4 Å². The third kappa shape index (κ3) is 3.03. The number of nitro groups is 1. The first-order valence-corrected chi connectivity index (χ1v) is 5.95. The van der Waals surface area contributed by atoms with Crippen molar-refractivity contribution >= 4 is 30.1 Å². The van der Waals surface area contributed by atoms with Crippen LogP contribution in [-0.2, 0) is 0 Å². The fourth-order valence-corrected chi connectivity index (χ4v) is 1.74. The van der Waals surface area contributed by atoms with Crippen molar-refractivity contribution < 1.29 is 9.72 Å². The number of hydrogen-bond donors (Lipinski definition) is 1. The van der Waals surface area contributed by atoms with Crippen molar-refractivity contribution in [1.29, 1.82) is 0 Å². The van der Waals surface area contributed by atoms with Crippen LogP contribution >= 0.6 is 0 Å². The third-order valence-corrected chi connectivity index (χ3v) is 2.80. The molecule has 0 aliphatic carbocycles. The number of nitrogens with zero attached hydrogens (tertiary/aromatic N) is 3. The van der Waals surface area contributed by atoms with Crippen molar-refractivity contribution in [3.63, 3.8) is 0 Å². The molecular weight excluding hydrogens is 272 g/mol. The molecular formula is C14H12N4O3. The van der Waals surface area contributed by atoms with Crippen molar-refractivity contribution in [3.05, 3.63) is 64.1 Å². The molecule has 0 radical (unpaired) electrons. The van der Waals surface area contributed by atoms with E-state index in [0.717, 1.165) is 11.8 Å². The van der Waals surface area contributed by atoms with Gasteiger partial charge in [0.2, 0.25) is 11.7 Å². The average Bonchev–Trinajstić information content (AvgIpc) is 2.88. The first-order valence-electron chi connectivity index (χ1n) is 5.95. The SMILES string of the molecule is C=Cn1c([N+](=O)[O-])cnc1C=Cc1ccc(C(N)=O)cc1. The Balaban J connectivity index is 2.27. The van der Waals surface area contributed by atoms with Crippen molar-refractivity contribution in [1.82, 2.24) is 9.55 Å². The van der Waals surface area contributed by atoms with Crippen LogP contribution in [0.1, 0.15) is 21.7 Å². The van der Waals surface area contributed by atoms with Crippen molar-refractivity contribution in [2.24, 2.45) is 5.73 Å². The summed E-state index contributed by atoms with van der Waals surface area (Å²) in [5.41, 5.74) is 6.37. The van der Waals surface area contributed by atoms with E-state index in [4.69, 9.17) is 5.73 Å². The van der Waals surface area contributed by atoms with Gasteiger partial charge in [-0.3, -0.25) is 4.79 Å². The fourth-order valence-electron chi connectivity index (χ4n) is 1.74. The zero-order valence-corrected chi connectivity index (χ0v) is 11.0. The second kappa shape index (κ2) is 5.83. The highest BCUT2D eigenvalue weighted by Gasteiger charge is 2.15. The molecule has 21 heavy (non-hydrogen) atoms. The van der Waals surface area contributed by atoms with Gasteiger partial charge in [-0.15, -0.1) is 0 Å². The summed E-state index contributed by atoms with van der Waals surface area (Å²) in [4.78, 5) is 25.2. The van der Waals surface area contributed by atoms with Gasteiger partial charge in [0.25, 0.3) is 0 Å². The molecule has 2 aromatic rings. The van der Waals surface area contributed by atoms with E-state index in [1.165, 1.54) is 10.8 Å². The molecule has 1 aromatic heterocycles. The quantitative estimate of drug-likeness (QED) is 0.671. The second-order valence-electron chi connectivity index (χ2n) is 4.10. The molecule has 106 valence electrons. The molecule has 0 fully saturated rings. The number of primary amides is 1. The summed E-state index contributed by atoms with van der Waals surface area (Å²) in [5, 5.41) is 10.8. The number of nitrogens with two attached hydrogens (primary N) is 1. The molecule has 2 rings (SSSR count). The van der Waals surface area contributed by atoms with Crippen molar-refractivity contribution in [3.8, 4) is 0 Å². The zero-order chi connectivity index (χ0) is 15.4. The highest BCUT2D eigenvalue weighted by atomic mass is 16.6. The molecule has 0 unspecified atom stereocenters. The van der Waals surface area contributed by atoms with Gasteiger partial charge < -0.3 is 15.8 Å². The lowest BCUT2D eigenvalue weighted by atomic mass is 10.1. The summed E-state index contributed by atoms with van der Waals surface area (Å²) >= 11 is 0. The van der Waals surface area contributed by atoms with Crippen LogP contribution in [0, 0.1) is 10.1 Å². The molecule has 1 heterocycles. The van der Waals surface area contributed by atoms with E-state index in [1.807, 2.05) is 0 Å². The molecule has 0 aliphatic heterocycles. The number of benzene rings is 1. The number of imidazole rings is 1. The van der Waals surface area contributed by atoms with E-state index >= 15 is 0 Å². The van der Waals surface area contributed by atoms with E-state index in [2.05, 4.69) is 11.6 Å². The smallest absolute Gasteiger partial charge is 0.347 e. The Morgan fingerprint density at radius 2 is 2.00 bits per heavy atom. The number of aromatic nitrogens is 2. The van der Waals surface area contributed by atoms with Gasteiger partial charge in [0.05, 0.1) is 6.20 Å². The van der Waals surface area contributed by atoms with Crippen LogP contribution in [0.25, 0.3) is 18.4 Å². The number of rotatable bonds is 5. The second-order valence-corrected chi connectivity index (χ2v) is 4.10. The Labute approximate surface area is 120 Å². The Morgan fingerprint density at radius 3 is 2.52 bits per heavy atom. The van der Waals surface area contributed by atoms with E-state index < -0.39 is 10.8 Å². The van der Waals surface area contributed by atoms with E-state index in [1.54, 1.807) is 36.4 Å². The molecule has 7 heteroatoms. The topological polar surface area (TPSA) is 104 Å². The van der Waals surface area contributed by atoms with Gasteiger partial charge in [-0.25, -0.2) is 4.98 Å². The molecule has 0 bridgehead atoms. The molecule has 0 saturated heterocycles. The van der Waals surface area contributed by atoms with E-state index in [9.17, 15) is 14.9 Å². The van der Waals surface area contributed by atoms with Gasteiger partial charge in [0, 0.05) is 11.6 Å². The number of amides is 1. The lowest BCUT2D eigenvalue weighted by molar-refractivity contribution is -0.390. The van der Waals surface area contributed by atoms with Crippen molar-refractivity contribution in [2.75, 3.05) is 0 Å². The predicted octanol–water partition coefficient (Wildman–Crippen LogP) is 2.16. The minimum Gasteiger partial charge on any atom is -0.366 e. The predicted molar refractivity (Wildman–Crippen MR) is 79.2 cm³/mol. The minimum atomic E-state index is -0.534. The lowest BCUT2D eigenvalue weighted by Gasteiger charge is -1.97. The molecule has 0 spiro atoms. The monoisotopic (exact) mass is 284 g/mol. The van der Waals surface area contributed by atoms with Crippen LogP contribution in [0.4, 0.5) is 5.82 Å². The summed E-state index contributed by atoms with van der Waals surface area (Å²) in [7, 11) is 0. The molecule has 1 aromatic carbocycles. The average molecular weight is 284 g/mol. The Hall–Kier alpha value is -3.22. The van der Waals surface area contributed by atoms with Gasteiger partial charge in [-0.1, -0.05) is 18.7 Å². The highest BCUT2D eigenvalue weighted by Crippen LogP contribution is 2.16. The van der Waals surface area contributed by atoms with Gasteiger partial charge in [0.1, 0.15) is 6.20 Å². The maximum Gasteiger partial charge on any atom is 0.347 e.